The second-order valence-corrected chi connectivity index (χ2v) is 3.51. The fraction of sp³-hybridized carbons (Fsp3) is 0.333. The van der Waals surface area contributed by atoms with E-state index in [1.807, 2.05) is 14.1 Å². The molecule has 1 nitrogen and oxygen atoms in total. The Bertz CT molecular complexity index is 388. The predicted octanol–water partition coefficient (Wildman–Crippen LogP) is 1.10. The maximum Gasteiger partial charge on any atom is 0.00647 e. The van der Waals surface area contributed by atoms with Crippen LogP contribution in [0, 0.1) is 6.92 Å². The Hall–Kier alpha value is -1.24. The molecule has 0 saturated carbocycles. The van der Waals surface area contributed by atoms with E-state index in [1.54, 1.807) is 0 Å². The molecule has 0 unspecified atom stereocenters. The highest BCUT2D eigenvalue weighted by molar-refractivity contribution is 5.31. The first-order valence-electron chi connectivity index (χ1n) is 4.55. The minimum absolute atomic E-state index is 1.28. The zero-order valence-corrected chi connectivity index (χ0v) is 8.83. The fourth-order valence-corrected chi connectivity index (χ4v) is 1.35. The number of rotatable bonds is 1. The molecule has 0 aliphatic carbocycles. The maximum absolute atomic E-state index is 2.20. The molecule has 0 amide bonds. The van der Waals surface area contributed by atoms with Crippen molar-refractivity contribution in [1.82, 2.24) is 4.90 Å². The van der Waals surface area contributed by atoms with Gasteiger partial charge in [0.05, 0.1) is 0 Å². The van der Waals surface area contributed by atoms with Crippen molar-refractivity contribution in [3.63, 3.8) is 0 Å². The Labute approximate surface area is 80.0 Å². The molecular formula is C12H17N. The van der Waals surface area contributed by atoms with Crippen LogP contribution in [0.4, 0.5) is 0 Å². The highest BCUT2D eigenvalue weighted by atomic mass is 15.0. The van der Waals surface area contributed by atoms with Gasteiger partial charge in [0.2, 0.25) is 0 Å². The van der Waals surface area contributed by atoms with E-state index in [-0.39, 0.29) is 0 Å². The van der Waals surface area contributed by atoms with Crippen LogP contribution in [0.1, 0.15) is 12.5 Å². The topological polar surface area (TPSA) is 3.24 Å². The molecule has 0 aliphatic heterocycles. The van der Waals surface area contributed by atoms with Crippen molar-refractivity contribution in [2.75, 3.05) is 14.1 Å². The second kappa shape index (κ2) is 4.13. The van der Waals surface area contributed by atoms with Gasteiger partial charge in [0, 0.05) is 20.3 Å². The zero-order chi connectivity index (χ0) is 9.84. The average molecular weight is 175 g/mol. The van der Waals surface area contributed by atoms with Gasteiger partial charge >= 0.3 is 0 Å². The summed E-state index contributed by atoms with van der Waals surface area (Å²) in [5.74, 6) is 0. The summed E-state index contributed by atoms with van der Waals surface area (Å²) in [6, 6.07) is 6.50. The van der Waals surface area contributed by atoms with Crippen LogP contribution >= 0.6 is 0 Å². The Morgan fingerprint density at radius 3 is 2.38 bits per heavy atom. The van der Waals surface area contributed by atoms with E-state index in [1.165, 1.54) is 16.0 Å². The average Bonchev–Trinajstić information content (AvgIpc) is 2.03. The molecular weight excluding hydrogens is 158 g/mol. The Morgan fingerprint density at radius 1 is 1.15 bits per heavy atom. The summed E-state index contributed by atoms with van der Waals surface area (Å²) in [5.41, 5.74) is 1.30. The summed E-state index contributed by atoms with van der Waals surface area (Å²) in [6.07, 6.45) is 4.27. The second-order valence-electron chi connectivity index (χ2n) is 3.51. The highest BCUT2D eigenvalue weighted by Gasteiger charge is 1.87. The molecule has 0 fully saturated rings. The first kappa shape index (κ1) is 9.85. The number of benzene rings is 1. The number of nitrogens with zero attached hydrogens (tertiary/aromatic N) is 1. The first-order chi connectivity index (χ1) is 6.13. The van der Waals surface area contributed by atoms with Gasteiger partial charge < -0.3 is 4.90 Å². The van der Waals surface area contributed by atoms with Crippen molar-refractivity contribution in [2.24, 2.45) is 0 Å². The van der Waals surface area contributed by atoms with Crippen LogP contribution in [0.2, 0.25) is 0 Å². The molecule has 0 radical (unpaired) electrons. The lowest BCUT2D eigenvalue weighted by Gasteiger charge is -2.03. The van der Waals surface area contributed by atoms with Gasteiger partial charge in [0.15, 0.2) is 0 Å². The SMILES string of the molecule is CC=c1ccc(C)c/c1=C/N(C)C. The van der Waals surface area contributed by atoms with Gasteiger partial charge in [-0.25, -0.2) is 0 Å². The first-order valence-corrected chi connectivity index (χ1v) is 4.55. The molecule has 1 aromatic rings. The van der Waals surface area contributed by atoms with Crippen molar-refractivity contribution >= 4 is 12.3 Å². The summed E-state index contributed by atoms with van der Waals surface area (Å²) in [4.78, 5) is 2.07. The summed E-state index contributed by atoms with van der Waals surface area (Å²) < 4.78 is 0. The Morgan fingerprint density at radius 2 is 1.85 bits per heavy atom. The molecule has 0 spiro atoms. The molecule has 0 aromatic heterocycles. The van der Waals surface area contributed by atoms with Gasteiger partial charge in [-0.05, 0) is 30.4 Å². The summed E-state index contributed by atoms with van der Waals surface area (Å²) in [5, 5.41) is 2.58. The predicted molar refractivity (Wildman–Crippen MR) is 58.7 cm³/mol. The molecule has 0 bridgehead atoms. The van der Waals surface area contributed by atoms with E-state index >= 15 is 0 Å². The van der Waals surface area contributed by atoms with Crippen molar-refractivity contribution in [2.45, 2.75) is 13.8 Å². The smallest absolute Gasteiger partial charge is 0.00647 e. The molecule has 0 atom stereocenters. The molecule has 1 heteroatoms. The van der Waals surface area contributed by atoms with Crippen molar-refractivity contribution in [3.8, 4) is 0 Å². The molecule has 0 aliphatic rings. The monoisotopic (exact) mass is 175 g/mol. The van der Waals surface area contributed by atoms with Crippen molar-refractivity contribution in [3.05, 3.63) is 34.2 Å². The number of aryl methyl sites for hydroxylation is 1. The van der Waals surface area contributed by atoms with E-state index in [4.69, 9.17) is 0 Å². The molecule has 70 valence electrons. The van der Waals surface area contributed by atoms with E-state index in [0.29, 0.717) is 0 Å². The normalized spacial score (nSPS) is 13.5. The molecule has 0 saturated heterocycles. The van der Waals surface area contributed by atoms with Crippen LogP contribution in [0.5, 0.6) is 0 Å². The molecule has 1 rings (SSSR count). The standard InChI is InChI=1S/C12H17N/c1-5-11-7-6-10(2)8-12(11)9-13(3)4/h5-9H,1-4H3/b11-5?,12-9-. The van der Waals surface area contributed by atoms with E-state index in [0.717, 1.165) is 0 Å². The van der Waals surface area contributed by atoms with Crippen molar-refractivity contribution in [1.29, 1.82) is 0 Å². The molecule has 13 heavy (non-hydrogen) atoms. The van der Waals surface area contributed by atoms with Crippen LogP contribution in [-0.4, -0.2) is 19.0 Å². The largest absolute Gasteiger partial charge is 0.383 e. The van der Waals surface area contributed by atoms with Crippen LogP contribution < -0.4 is 10.4 Å². The number of hydrogen-bond donors (Lipinski definition) is 0. The van der Waals surface area contributed by atoms with Gasteiger partial charge in [0.25, 0.3) is 0 Å². The Balaban J connectivity index is 3.42. The van der Waals surface area contributed by atoms with Gasteiger partial charge in [-0.1, -0.05) is 23.8 Å². The summed E-state index contributed by atoms with van der Waals surface area (Å²) in [6.45, 7) is 4.18. The fourth-order valence-electron chi connectivity index (χ4n) is 1.35. The van der Waals surface area contributed by atoms with Crippen LogP contribution in [0.15, 0.2) is 18.2 Å². The number of hydrogen-bond acceptors (Lipinski definition) is 1. The van der Waals surface area contributed by atoms with Gasteiger partial charge in [0.1, 0.15) is 0 Å². The third-order valence-corrected chi connectivity index (χ3v) is 1.95. The lowest BCUT2D eigenvalue weighted by Crippen LogP contribution is -2.26. The molecule has 0 N–H and O–H groups in total. The van der Waals surface area contributed by atoms with Crippen LogP contribution in [-0.2, 0) is 0 Å². The van der Waals surface area contributed by atoms with E-state index in [9.17, 15) is 0 Å². The van der Waals surface area contributed by atoms with Crippen molar-refractivity contribution < 1.29 is 0 Å². The summed E-state index contributed by atoms with van der Waals surface area (Å²) >= 11 is 0. The third kappa shape index (κ3) is 2.62. The zero-order valence-electron chi connectivity index (χ0n) is 8.83. The summed E-state index contributed by atoms with van der Waals surface area (Å²) in [7, 11) is 4.09. The van der Waals surface area contributed by atoms with Gasteiger partial charge in [-0.15, -0.1) is 0 Å². The lowest BCUT2D eigenvalue weighted by atomic mass is 10.1. The van der Waals surface area contributed by atoms with Gasteiger partial charge in [-0.2, -0.15) is 0 Å². The quantitative estimate of drug-likeness (QED) is 0.617. The van der Waals surface area contributed by atoms with E-state index in [2.05, 4.69) is 49.2 Å². The highest BCUT2D eigenvalue weighted by Crippen LogP contribution is 1.86. The maximum atomic E-state index is 2.20. The van der Waals surface area contributed by atoms with Crippen LogP contribution in [0.3, 0.4) is 0 Å². The molecule has 0 heterocycles. The minimum Gasteiger partial charge on any atom is -0.383 e. The van der Waals surface area contributed by atoms with Gasteiger partial charge in [-0.3, -0.25) is 0 Å². The van der Waals surface area contributed by atoms with E-state index < -0.39 is 0 Å². The third-order valence-electron chi connectivity index (χ3n) is 1.95. The molecule has 1 aromatic carbocycles. The Kier molecular flexibility index (Phi) is 3.13. The van der Waals surface area contributed by atoms with Crippen LogP contribution in [0.25, 0.3) is 12.3 Å². The minimum atomic E-state index is 1.28. The lowest BCUT2D eigenvalue weighted by molar-refractivity contribution is 0.614.